The van der Waals surface area contributed by atoms with E-state index >= 15 is 0 Å². The molecule has 1 atom stereocenters. The Morgan fingerprint density at radius 3 is 2.85 bits per heavy atom. The van der Waals surface area contributed by atoms with Gasteiger partial charge in [-0.25, -0.2) is 4.79 Å². The highest BCUT2D eigenvalue weighted by Crippen LogP contribution is 2.49. The summed E-state index contributed by atoms with van der Waals surface area (Å²) in [6.45, 7) is 2.31. The second kappa shape index (κ2) is 5.02. The summed E-state index contributed by atoms with van der Waals surface area (Å²) < 4.78 is 16.3. The minimum atomic E-state index is -0.502. The highest BCUT2D eigenvalue weighted by molar-refractivity contribution is 5.68. The number of fused-ring (bicyclic) bond motifs is 1. The first-order valence-electron chi connectivity index (χ1n) is 7.04. The molecule has 20 heavy (non-hydrogen) atoms. The molecule has 112 valence electrons. The molecule has 6 nitrogen and oxygen atoms in total. The Kier molecular flexibility index (Phi) is 3.48. The van der Waals surface area contributed by atoms with Crippen LogP contribution in [0, 0.1) is 5.41 Å². The first kappa shape index (κ1) is 13.9. The first-order valence-corrected chi connectivity index (χ1v) is 7.04. The van der Waals surface area contributed by atoms with E-state index in [0.29, 0.717) is 32.7 Å². The molecule has 1 unspecified atom stereocenters. The fraction of sp³-hybridized carbons (Fsp3) is 0.786. The van der Waals surface area contributed by atoms with E-state index in [2.05, 4.69) is 0 Å². The van der Waals surface area contributed by atoms with Crippen LogP contribution in [0.3, 0.4) is 0 Å². The number of nitrogens with zero attached hydrogens (tertiary/aromatic N) is 1. The van der Waals surface area contributed by atoms with Crippen LogP contribution in [-0.2, 0) is 14.2 Å². The predicted octanol–water partition coefficient (Wildman–Crippen LogP) is 0.901. The molecule has 0 aromatic carbocycles. The third-order valence-electron chi connectivity index (χ3n) is 4.73. The van der Waals surface area contributed by atoms with Crippen molar-refractivity contribution in [2.24, 2.45) is 5.41 Å². The van der Waals surface area contributed by atoms with Crippen LogP contribution < -0.4 is 0 Å². The van der Waals surface area contributed by atoms with Gasteiger partial charge in [-0.3, -0.25) is 0 Å². The van der Waals surface area contributed by atoms with Gasteiger partial charge in [-0.2, -0.15) is 0 Å². The SMILES string of the molecule is COC(=O)N1CC=C2CC3(CCC2(CO)C1)OCCO3. The zero-order valence-electron chi connectivity index (χ0n) is 11.8. The Labute approximate surface area is 118 Å². The molecule has 3 aliphatic rings. The molecule has 1 spiro atoms. The summed E-state index contributed by atoms with van der Waals surface area (Å²) in [6, 6.07) is 0. The molecule has 2 fully saturated rings. The average molecular weight is 283 g/mol. The maximum atomic E-state index is 11.7. The largest absolute Gasteiger partial charge is 0.453 e. The maximum Gasteiger partial charge on any atom is 0.409 e. The number of carbonyl (C=O) groups is 1. The van der Waals surface area contributed by atoms with Gasteiger partial charge < -0.3 is 24.2 Å². The Balaban J connectivity index is 1.82. The monoisotopic (exact) mass is 283 g/mol. The topological polar surface area (TPSA) is 68.2 Å². The van der Waals surface area contributed by atoms with Gasteiger partial charge in [0, 0.05) is 31.3 Å². The highest BCUT2D eigenvalue weighted by Gasteiger charge is 2.51. The molecular weight excluding hydrogens is 262 g/mol. The Morgan fingerprint density at radius 2 is 2.20 bits per heavy atom. The van der Waals surface area contributed by atoms with Crippen LogP contribution in [0.4, 0.5) is 4.79 Å². The molecule has 0 aromatic rings. The van der Waals surface area contributed by atoms with Crippen molar-refractivity contribution in [2.45, 2.75) is 25.0 Å². The number of hydrogen-bond acceptors (Lipinski definition) is 5. The quantitative estimate of drug-likeness (QED) is 0.724. The zero-order chi connectivity index (χ0) is 14.2. The molecule has 1 saturated carbocycles. The van der Waals surface area contributed by atoms with E-state index in [-0.39, 0.29) is 18.1 Å². The number of amides is 1. The Bertz CT molecular complexity index is 429. The van der Waals surface area contributed by atoms with Crippen molar-refractivity contribution in [3.05, 3.63) is 11.6 Å². The van der Waals surface area contributed by atoms with Crippen molar-refractivity contribution in [1.29, 1.82) is 0 Å². The predicted molar refractivity (Wildman–Crippen MR) is 70.1 cm³/mol. The number of aliphatic hydroxyl groups excluding tert-OH is 1. The number of aliphatic hydroxyl groups is 1. The van der Waals surface area contributed by atoms with Crippen molar-refractivity contribution in [3.63, 3.8) is 0 Å². The summed E-state index contributed by atoms with van der Waals surface area (Å²) in [5, 5.41) is 9.88. The molecule has 6 heteroatoms. The van der Waals surface area contributed by atoms with Gasteiger partial charge in [0.15, 0.2) is 5.79 Å². The fourth-order valence-corrected chi connectivity index (χ4v) is 3.52. The fourth-order valence-electron chi connectivity index (χ4n) is 3.52. The van der Waals surface area contributed by atoms with Crippen LogP contribution in [0.5, 0.6) is 0 Å². The molecule has 3 rings (SSSR count). The van der Waals surface area contributed by atoms with Crippen LogP contribution in [-0.4, -0.2) is 61.9 Å². The third kappa shape index (κ3) is 2.12. The lowest BCUT2D eigenvalue weighted by Gasteiger charge is -2.48. The van der Waals surface area contributed by atoms with Gasteiger partial charge in [0.25, 0.3) is 0 Å². The molecule has 2 aliphatic heterocycles. The molecule has 1 aliphatic carbocycles. The van der Waals surface area contributed by atoms with E-state index in [4.69, 9.17) is 14.2 Å². The summed E-state index contributed by atoms with van der Waals surface area (Å²) in [7, 11) is 1.38. The van der Waals surface area contributed by atoms with Gasteiger partial charge >= 0.3 is 6.09 Å². The second-order valence-electron chi connectivity index (χ2n) is 5.80. The molecule has 2 heterocycles. The Morgan fingerprint density at radius 1 is 1.45 bits per heavy atom. The molecule has 1 saturated heterocycles. The summed E-state index contributed by atoms with van der Waals surface area (Å²) in [4.78, 5) is 13.3. The number of ether oxygens (including phenoxy) is 3. The van der Waals surface area contributed by atoms with Gasteiger partial charge in [0.2, 0.25) is 0 Å². The molecule has 0 aromatic heterocycles. The number of rotatable bonds is 1. The van der Waals surface area contributed by atoms with Crippen molar-refractivity contribution in [2.75, 3.05) is 40.0 Å². The number of methoxy groups -OCH3 is 1. The third-order valence-corrected chi connectivity index (χ3v) is 4.73. The van der Waals surface area contributed by atoms with Gasteiger partial charge in [0.1, 0.15) is 0 Å². The highest BCUT2D eigenvalue weighted by atomic mass is 16.7. The van der Waals surface area contributed by atoms with Crippen LogP contribution in [0.1, 0.15) is 19.3 Å². The summed E-state index contributed by atoms with van der Waals surface area (Å²) >= 11 is 0. The van der Waals surface area contributed by atoms with Gasteiger partial charge in [-0.1, -0.05) is 11.6 Å². The normalized spacial score (nSPS) is 31.9. The van der Waals surface area contributed by atoms with Gasteiger partial charge in [-0.15, -0.1) is 0 Å². The molecule has 1 N–H and O–H groups in total. The Hall–Kier alpha value is -1.11. The molecule has 0 bridgehead atoms. The minimum Gasteiger partial charge on any atom is -0.453 e. The van der Waals surface area contributed by atoms with Crippen molar-refractivity contribution in [1.82, 2.24) is 4.90 Å². The zero-order valence-corrected chi connectivity index (χ0v) is 11.8. The maximum absolute atomic E-state index is 11.7. The van der Waals surface area contributed by atoms with E-state index in [9.17, 15) is 9.90 Å². The molecular formula is C14H21NO5. The van der Waals surface area contributed by atoms with E-state index < -0.39 is 5.79 Å². The molecule has 0 radical (unpaired) electrons. The van der Waals surface area contributed by atoms with E-state index in [1.165, 1.54) is 7.11 Å². The van der Waals surface area contributed by atoms with E-state index in [1.807, 2.05) is 6.08 Å². The van der Waals surface area contributed by atoms with E-state index in [1.54, 1.807) is 4.90 Å². The minimum absolute atomic E-state index is 0.0302. The number of hydrogen-bond donors (Lipinski definition) is 1. The smallest absolute Gasteiger partial charge is 0.409 e. The number of carbonyl (C=O) groups excluding carboxylic acids is 1. The van der Waals surface area contributed by atoms with Gasteiger partial charge in [-0.05, 0) is 6.42 Å². The molecule has 1 amide bonds. The lowest BCUT2D eigenvalue weighted by Crippen LogP contribution is -2.52. The van der Waals surface area contributed by atoms with Crippen LogP contribution in [0.25, 0.3) is 0 Å². The van der Waals surface area contributed by atoms with Crippen LogP contribution in [0.15, 0.2) is 11.6 Å². The first-order chi connectivity index (χ1) is 9.63. The van der Waals surface area contributed by atoms with Crippen molar-refractivity contribution >= 4 is 6.09 Å². The second-order valence-corrected chi connectivity index (χ2v) is 5.80. The standard InChI is InChI=1S/C14H21NO5/c1-18-12(17)15-5-2-11-8-14(19-6-7-20-14)4-3-13(11,9-15)10-16/h2,16H,3-10H2,1H3. The average Bonchev–Trinajstić information content (AvgIpc) is 2.94. The lowest BCUT2D eigenvalue weighted by molar-refractivity contribution is -0.181. The summed E-state index contributed by atoms with van der Waals surface area (Å²) in [5.41, 5.74) is 0.779. The van der Waals surface area contributed by atoms with Crippen molar-refractivity contribution < 1.29 is 24.1 Å². The van der Waals surface area contributed by atoms with E-state index in [0.717, 1.165) is 18.4 Å². The van der Waals surface area contributed by atoms with Gasteiger partial charge in [0.05, 0.1) is 26.9 Å². The lowest BCUT2D eigenvalue weighted by atomic mass is 9.67. The summed E-state index contributed by atoms with van der Waals surface area (Å²) in [6.07, 6.45) is 3.86. The van der Waals surface area contributed by atoms with Crippen molar-refractivity contribution in [3.8, 4) is 0 Å². The van der Waals surface area contributed by atoms with Crippen LogP contribution in [0.2, 0.25) is 0 Å². The summed E-state index contributed by atoms with van der Waals surface area (Å²) in [5.74, 6) is -0.502. The van der Waals surface area contributed by atoms with Crippen LogP contribution >= 0.6 is 0 Å².